The molecular weight excluding hydrogens is 286 g/mol. The van der Waals surface area contributed by atoms with Crippen molar-refractivity contribution in [3.8, 4) is 0 Å². The van der Waals surface area contributed by atoms with Crippen LogP contribution in [0.15, 0.2) is 0 Å². The third-order valence-corrected chi connectivity index (χ3v) is 8.53. The molecule has 4 aliphatic rings. The van der Waals surface area contributed by atoms with E-state index < -0.39 is 9.84 Å². The molecule has 110 valence electrons. The topological polar surface area (TPSA) is 46.6 Å². The minimum Gasteiger partial charge on any atom is -0.379 e. The van der Waals surface area contributed by atoms with Crippen LogP contribution in [0, 0.1) is 11.8 Å². The molecule has 2 aliphatic heterocycles. The van der Waals surface area contributed by atoms with E-state index in [4.69, 9.17) is 4.74 Å². The maximum absolute atomic E-state index is 12.4. The molecule has 2 aliphatic carbocycles. The fourth-order valence-electron chi connectivity index (χ4n) is 5.03. The van der Waals surface area contributed by atoms with Crippen LogP contribution in [0.4, 0.5) is 0 Å². The van der Waals surface area contributed by atoms with Crippen molar-refractivity contribution >= 4 is 22.2 Å². The molecule has 4 nitrogen and oxygen atoms in total. The first-order valence-corrected chi connectivity index (χ1v) is 8.83. The molecule has 2 saturated carbocycles. The molecule has 2 bridgehead atoms. The Bertz CT molecular complexity index is 463. The molecule has 0 aromatic rings. The summed E-state index contributed by atoms with van der Waals surface area (Å²) in [4.78, 5) is 2.39. The van der Waals surface area contributed by atoms with Crippen molar-refractivity contribution in [1.82, 2.24) is 4.90 Å². The number of sulfone groups is 1. The third kappa shape index (κ3) is 1.74. The smallest absolute Gasteiger partial charge is 0.159 e. The van der Waals surface area contributed by atoms with Gasteiger partial charge < -0.3 is 4.74 Å². The van der Waals surface area contributed by atoms with Crippen LogP contribution in [0.25, 0.3) is 0 Å². The summed E-state index contributed by atoms with van der Waals surface area (Å²) >= 11 is 0. The average molecular weight is 308 g/mol. The number of morpholine rings is 1. The van der Waals surface area contributed by atoms with E-state index in [1.54, 1.807) is 0 Å². The fraction of sp³-hybridized carbons (Fsp3) is 1.00. The molecule has 1 spiro atoms. The normalized spacial score (nSPS) is 47.9. The number of rotatable bonds is 1. The van der Waals surface area contributed by atoms with Crippen molar-refractivity contribution in [1.29, 1.82) is 0 Å². The SMILES string of the molecule is Cl.O=S1(=O)CC(N2CCOCC2)C12CC1CCC2C1. The van der Waals surface area contributed by atoms with Crippen LogP contribution >= 0.6 is 12.4 Å². The molecule has 0 aromatic carbocycles. The highest BCUT2D eigenvalue weighted by Gasteiger charge is 2.70. The number of fused-ring (bicyclic) bond motifs is 3. The minimum absolute atomic E-state index is 0. The van der Waals surface area contributed by atoms with Gasteiger partial charge in [0.2, 0.25) is 0 Å². The molecule has 19 heavy (non-hydrogen) atoms. The monoisotopic (exact) mass is 307 g/mol. The molecule has 4 atom stereocenters. The number of nitrogens with zero attached hydrogens (tertiary/aromatic N) is 1. The van der Waals surface area contributed by atoms with Gasteiger partial charge in [0, 0.05) is 19.1 Å². The largest absolute Gasteiger partial charge is 0.379 e. The summed E-state index contributed by atoms with van der Waals surface area (Å²) in [6, 6.07) is 0.293. The summed E-state index contributed by atoms with van der Waals surface area (Å²) in [7, 11) is -2.83. The number of hydrogen-bond donors (Lipinski definition) is 0. The Labute approximate surface area is 121 Å². The highest BCUT2D eigenvalue weighted by molar-refractivity contribution is 7.94. The summed E-state index contributed by atoms with van der Waals surface area (Å²) < 4.78 is 29.9. The van der Waals surface area contributed by atoms with Crippen LogP contribution in [0.2, 0.25) is 0 Å². The number of ether oxygens (including phenoxy) is 1. The van der Waals surface area contributed by atoms with Crippen LogP contribution in [-0.2, 0) is 14.6 Å². The first kappa shape index (κ1) is 14.1. The first-order valence-electron chi connectivity index (χ1n) is 7.17. The van der Waals surface area contributed by atoms with Gasteiger partial charge in [-0.2, -0.15) is 0 Å². The van der Waals surface area contributed by atoms with Gasteiger partial charge in [-0.15, -0.1) is 12.4 Å². The molecule has 4 fully saturated rings. The van der Waals surface area contributed by atoms with E-state index in [9.17, 15) is 8.42 Å². The predicted molar refractivity (Wildman–Crippen MR) is 75.4 cm³/mol. The molecule has 0 N–H and O–H groups in total. The Morgan fingerprint density at radius 1 is 1.16 bits per heavy atom. The standard InChI is InChI=1S/C13H21NO3S.ClH/c15-18(16)9-12(14-3-5-17-6-4-14)13(18)8-10-1-2-11(13)7-10;/h10-12H,1-9H2;1H. The second-order valence-corrected chi connectivity index (χ2v) is 8.80. The average Bonchev–Trinajstić information content (AvgIpc) is 2.99. The van der Waals surface area contributed by atoms with Gasteiger partial charge in [-0.3, -0.25) is 4.90 Å². The van der Waals surface area contributed by atoms with Gasteiger partial charge in [0.1, 0.15) is 0 Å². The van der Waals surface area contributed by atoms with Gasteiger partial charge in [-0.05, 0) is 31.1 Å². The van der Waals surface area contributed by atoms with Crippen LogP contribution in [0.3, 0.4) is 0 Å². The fourth-order valence-corrected chi connectivity index (χ4v) is 7.82. The molecule has 0 aromatic heterocycles. The number of halogens is 1. The highest BCUT2D eigenvalue weighted by Crippen LogP contribution is 2.61. The lowest BCUT2D eigenvalue weighted by Crippen LogP contribution is -2.72. The molecule has 0 amide bonds. The Morgan fingerprint density at radius 2 is 1.89 bits per heavy atom. The van der Waals surface area contributed by atoms with E-state index >= 15 is 0 Å². The zero-order valence-corrected chi connectivity index (χ0v) is 12.7. The molecule has 0 radical (unpaired) electrons. The number of hydrogen-bond acceptors (Lipinski definition) is 4. The Morgan fingerprint density at radius 3 is 2.42 bits per heavy atom. The molecule has 4 rings (SSSR count). The van der Waals surface area contributed by atoms with E-state index in [-0.39, 0.29) is 17.2 Å². The lowest BCUT2D eigenvalue weighted by Gasteiger charge is -2.56. The van der Waals surface area contributed by atoms with E-state index in [1.165, 1.54) is 12.8 Å². The Hall–Kier alpha value is 0.160. The predicted octanol–water partition coefficient (Wildman–Crippen LogP) is 1.10. The summed E-state index contributed by atoms with van der Waals surface area (Å²) in [5.74, 6) is 1.54. The van der Waals surface area contributed by atoms with E-state index in [2.05, 4.69) is 4.90 Å². The van der Waals surface area contributed by atoms with Gasteiger partial charge >= 0.3 is 0 Å². The van der Waals surface area contributed by atoms with Crippen molar-refractivity contribution < 1.29 is 13.2 Å². The van der Waals surface area contributed by atoms with Crippen molar-refractivity contribution in [2.75, 3.05) is 32.1 Å². The van der Waals surface area contributed by atoms with Crippen LogP contribution in [0.1, 0.15) is 25.7 Å². The van der Waals surface area contributed by atoms with Gasteiger partial charge in [0.25, 0.3) is 0 Å². The lowest BCUT2D eigenvalue weighted by molar-refractivity contribution is -0.000713. The van der Waals surface area contributed by atoms with Gasteiger partial charge in [-0.25, -0.2) is 8.42 Å². The van der Waals surface area contributed by atoms with Crippen molar-refractivity contribution in [2.45, 2.75) is 36.5 Å². The maximum atomic E-state index is 12.4. The second kappa shape index (κ2) is 4.58. The zero-order chi connectivity index (χ0) is 12.4. The van der Waals surface area contributed by atoms with E-state index in [0.717, 1.165) is 39.1 Å². The van der Waals surface area contributed by atoms with E-state index in [1.807, 2.05) is 0 Å². The van der Waals surface area contributed by atoms with E-state index in [0.29, 0.717) is 23.6 Å². The summed E-state index contributed by atoms with van der Waals surface area (Å²) in [6.45, 7) is 3.36. The third-order valence-electron chi connectivity index (χ3n) is 5.85. The molecule has 6 heteroatoms. The molecule has 2 saturated heterocycles. The van der Waals surface area contributed by atoms with Gasteiger partial charge in [0.05, 0.1) is 23.7 Å². The van der Waals surface area contributed by atoms with Crippen LogP contribution in [-0.4, -0.2) is 56.2 Å². The summed E-state index contributed by atoms with van der Waals surface area (Å²) in [5.41, 5.74) is 0. The second-order valence-electron chi connectivity index (χ2n) is 6.48. The highest BCUT2D eigenvalue weighted by atomic mass is 35.5. The molecule has 2 heterocycles. The Balaban J connectivity index is 0.00000110. The van der Waals surface area contributed by atoms with Gasteiger partial charge in [-0.1, -0.05) is 6.42 Å². The lowest BCUT2D eigenvalue weighted by atomic mass is 9.81. The van der Waals surface area contributed by atoms with Crippen LogP contribution in [0.5, 0.6) is 0 Å². The van der Waals surface area contributed by atoms with Crippen LogP contribution < -0.4 is 0 Å². The Kier molecular flexibility index (Phi) is 3.40. The molecular formula is C13H22ClNO3S. The molecule has 4 unspecified atom stereocenters. The van der Waals surface area contributed by atoms with Crippen molar-refractivity contribution in [3.63, 3.8) is 0 Å². The minimum atomic E-state index is -2.83. The van der Waals surface area contributed by atoms with Crippen molar-refractivity contribution in [2.24, 2.45) is 11.8 Å². The van der Waals surface area contributed by atoms with Gasteiger partial charge in [0.15, 0.2) is 9.84 Å². The quantitative estimate of drug-likeness (QED) is 0.728. The zero-order valence-electron chi connectivity index (χ0n) is 11.1. The summed E-state index contributed by atoms with van der Waals surface area (Å²) in [5, 5.41) is 0. The van der Waals surface area contributed by atoms with Crippen molar-refractivity contribution in [3.05, 3.63) is 0 Å². The first-order chi connectivity index (χ1) is 8.63. The maximum Gasteiger partial charge on any atom is 0.159 e. The summed E-state index contributed by atoms with van der Waals surface area (Å²) in [6.07, 6.45) is 4.52.